The highest BCUT2D eigenvalue weighted by Crippen LogP contribution is 2.16. The highest BCUT2D eigenvalue weighted by atomic mass is 16.4. The van der Waals surface area contributed by atoms with E-state index in [1.165, 1.54) is 0 Å². The van der Waals surface area contributed by atoms with Crippen molar-refractivity contribution in [2.75, 3.05) is 26.2 Å². The molecule has 1 aliphatic rings. The molecule has 2 amide bonds. The van der Waals surface area contributed by atoms with Gasteiger partial charge in [0.15, 0.2) is 0 Å². The van der Waals surface area contributed by atoms with Gasteiger partial charge in [0, 0.05) is 38.0 Å². The van der Waals surface area contributed by atoms with Gasteiger partial charge in [-0.3, -0.25) is 9.59 Å². The van der Waals surface area contributed by atoms with E-state index in [9.17, 15) is 9.59 Å². The van der Waals surface area contributed by atoms with Gasteiger partial charge in [-0.05, 0) is 12.8 Å². The number of aromatic nitrogens is 2. The Balaban J connectivity index is 1.93. The van der Waals surface area contributed by atoms with Gasteiger partial charge in [-0.25, -0.2) is 0 Å². The third-order valence-electron chi connectivity index (χ3n) is 4.33. The second-order valence-electron chi connectivity index (χ2n) is 6.23. The molecule has 2 heterocycles. The molecule has 7 heteroatoms. The Labute approximate surface area is 137 Å². The Morgan fingerprint density at radius 2 is 1.61 bits per heavy atom. The normalized spacial score (nSPS) is 15.6. The van der Waals surface area contributed by atoms with E-state index in [2.05, 4.69) is 10.2 Å². The number of hydrogen-bond acceptors (Lipinski definition) is 5. The third-order valence-corrected chi connectivity index (χ3v) is 4.33. The zero-order chi connectivity index (χ0) is 17.0. The highest BCUT2D eigenvalue weighted by molar-refractivity contribution is 5.89. The topological polar surface area (TPSA) is 79.5 Å². The van der Waals surface area contributed by atoms with Crippen molar-refractivity contribution in [3.8, 4) is 0 Å². The van der Waals surface area contributed by atoms with Gasteiger partial charge in [-0.1, -0.05) is 27.7 Å². The maximum atomic E-state index is 12.4. The van der Waals surface area contributed by atoms with Gasteiger partial charge in [0.2, 0.25) is 11.8 Å². The maximum Gasteiger partial charge on any atom is 0.311 e. The number of hydrogen-bond donors (Lipinski definition) is 0. The van der Waals surface area contributed by atoms with Crippen LogP contribution in [0.25, 0.3) is 0 Å². The molecule has 0 radical (unpaired) electrons. The lowest BCUT2D eigenvalue weighted by Gasteiger charge is -2.35. The molecule has 1 aromatic heterocycles. The van der Waals surface area contributed by atoms with E-state index in [1.54, 1.807) is 4.90 Å². The molecule has 1 saturated heterocycles. The standard InChI is InChI=1S/C16H26N4O3/c1-5-12(6-2)15(21)19-7-9-20(10-8-19)16(22)14-18-17-13(23-14)11(3)4/h11-12H,5-10H2,1-4H3. The third kappa shape index (κ3) is 3.89. The van der Waals surface area contributed by atoms with Crippen LogP contribution >= 0.6 is 0 Å². The molecule has 0 atom stereocenters. The number of amides is 2. The molecule has 0 aromatic carbocycles. The zero-order valence-electron chi connectivity index (χ0n) is 14.4. The molecule has 0 unspecified atom stereocenters. The average Bonchev–Trinajstić information content (AvgIpc) is 3.05. The largest absolute Gasteiger partial charge is 0.417 e. The summed E-state index contributed by atoms with van der Waals surface area (Å²) in [7, 11) is 0. The Hall–Kier alpha value is -1.92. The van der Waals surface area contributed by atoms with Crippen LogP contribution in [-0.4, -0.2) is 58.0 Å². The quantitative estimate of drug-likeness (QED) is 0.827. The highest BCUT2D eigenvalue weighted by Gasteiger charge is 2.29. The molecular formula is C16H26N4O3. The Bertz CT molecular complexity index is 543. The molecule has 128 valence electrons. The van der Waals surface area contributed by atoms with Crippen LogP contribution in [0.2, 0.25) is 0 Å². The summed E-state index contributed by atoms with van der Waals surface area (Å²) in [4.78, 5) is 28.3. The predicted octanol–water partition coefficient (Wildman–Crippen LogP) is 1.91. The van der Waals surface area contributed by atoms with E-state index >= 15 is 0 Å². The summed E-state index contributed by atoms with van der Waals surface area (Å²) in [5.74, 6) is 0.630. The number of rotatable bonds is 5. The monoisotopic (exact) mass is 322 g/mol. The van der Waals surface area contributed by atoms with Gasteiger partial charge < -0.3 is 14.2 Å². The summed E-state index contributed by atoms with van der Waals surface area (Å²) in [6.45, 7) is 10.1. The minimum Gasteiger partial charge on any atom is -0.417 e. The summed E-state index contributed by atoms with van der Waals surface area (Å²) in [6.07, 6.45) is 1.71. The number of nitrogens with zero attached hydrogens (tertiary/aromatic N) is 4. The minimum absolute atomic E-state index is 0.0356. The molecule has 0 N–H and O–H groups in total. The molecule has 0 aliphatic carbocycles. The van der Waals surface area contributed by atoms with Gasteiger partial charge in [-0.2, -0.15) is 0 Å². The van der Waals surface area contributed by atoms with E-state index in [-0.39, 0.29) is 29.5 Å². The van der Waals surface area contributed by atoms with Crippen molar-refractivity contribution in [3.05, 3.63) is 11.8 Å². The molecule has 0 spiro atoms. The second kappa shape index (κ2) is 7.57. The fourth-order valence-corrected chi connectivity index (χ4v) is 2.72. The summed E-state index contributed by atoms with van der Waals surface area (Å²) < 4.78 is 5.41. The Morgan fingerprint density at radius 3 is 2.09 bits per heavy atom. The van der Waals surface area contributed by atoms with E-state index in [1.807, 2.05) is 32.6 Å². The number of piperazine rings is 1. The first-order valence-electron chi connectivity index (χ1n) is 8.39. The van der Waals surface area contributed by atoms with Gasteiger partial charge in [0.1, 0.15) is 0 Å². The van der Waals surface area contributed by atoms with Crippen LogP contribution in [0.15, 0.2) is 4.42 Å². The van der Waals surface area contributed by atoms with E-state index in [0.717, 1.165) is 12.8 Å². The molecule has 0 bridgehead atoms. The van der Waals surface area contributed by atoms with Crippen molar-refractivity contribution in [2.45, 2.75) is 46.5 Å². The van der Waals surface area contributed by atoms with E-state index in [4.69, 9.17) is 4.42 Å². The lowest BCUT2D eigenvalue weighted by Crippen LogP contribution is -2.52. The Kier molecular flexibility index (Phi) is 5.74. The fourth-order valence-electron chi connectivity index (χ4n) is 2.72. The molecular weight excluding hydrogens is 296 g/mol. The van der Waals surface area contributed by atoms with Crippen molar-refractivity contribution in [2.24, 2.45) is 5.92 Å². The SMILES string of the molecule is CCC(CC)C(=O)N1CCN(C(=O)c2nnc(C(C)C)o2)CC1. The van der Waals surface area contributed by atoms with Crippen molar-refractivity contribution in [1.82, 2.24) is 20.0 Å². The van der Waals surface area contributed by atoms with Crippen LogP contribution in [0.5, 0.6) is 0 Å². The predicted molar refractivity (Wildman–Crippen MR) is 84.9 cm³/mol. The molecule has 1 aromatic rings. The molecule has 0 saturated carbocycles. The second-order valence-corrected chi connectivity index (χ2v) is 6.23. The number of carbonyl (C=O) groups is 2. The van der Waals surface area contributed by atoms with E-state index in [0.29, 0.717) is 32.1 Å². The molecule has 2 rings (SSSR count). The van der Waals surface area contributed by atoms with Crippen LogP contribution in [0.3, 0.4) is 0 Å². The van der Waals surface area contributed by atoms with Gasteiger partial charge >= 0.3 is 11.8 Å². The first-order chi connectivity index (χ1) is 11.0. The van der Waals surface area contributed by atoms with Crippen LogP contribution in [0.1, 0.15) is 63.0 Å². The maximum absolute atomic E-state index is 12.4. The minimum atomic E-state index is -0.251. The van der Waals surface area contributed by atoms with Gasteiger partial charge in [0.05, 0.1) is 0 Å². The molecule has 1 aliphatic heterocycles. The van der Waals surface area contributed by atoms with Crippen LogP contribution < -0.4 is 0 Å². The molecule has 1 fully saturated rings. The zero-order valence-corrected chi connectivity index (χ0v) is 14.4. The summed E-state index contributed by atoms with van der Waals surface area (Å²) >= 11 is 0. The summed E-state index contributed by atoms with van der Waals surface area (Å²) in [5, 5.41) is 7.72. The van der Waals surface area contributed by atoms with Crippen molar-refractivity contribution < 1.29 is 14.0 Å². The lowest BCUT2D eigenvalue weighted by atomic mass is 10.0. The molecule has 23 heavy (non-hydrogen) atoms. The van der Waals surface area contributed by atoms with Crippen molar-refractivity contribution in [1.29, 1.82) is 0 Å². The van der Waals surface area contributed by atoms with Crippen LogP contribution in [0, 0.1) is 5.92 Å². The van der Waals surface area contributed by atoms with Crippen molar-refractivity contribution in [3.63, 3.8) is 0 Å². The summed E-state index contributed by atoms with van der Waals surface area (Å²) in [6, 6.07) is 0. The van der Waals surface area contributed by atoms with Gasteiger partial charge in [-0.15, -0.1) is 10.2 Å². The van der Waals surface area contributed by atoms with Crippen molar-refractivity contribution >= 4 is 11.8 Å². The van der Waals surface area contributed by atoms with Crippen LogP contribution in [0.4, 0.5) is 0 Å². The lowest BCUT2D eigenvalue weighted by molar-refractivity contribution is -0.137. The van der Waals surface area contributed by atoms with Crippen LogP contribution in [-0.2, 0) is 4.79 Å². The first-order valence-corrected chi connectivity index (χ1v) is 8.39. The smallest absolute Gasteiger partial charge is 0.311 e. The average molecular weight is 322 g/mol. The number of carbonyl (C=O) groups excluding carboxylic acids is 2. The van der Waals surface area contributed by atoms with E-state index < -0.39 is 0 Å². The fraction of sp³-hybridized carbons (Fsp3) is 0.750. The molecule has 7 nitrogen and oxygen atoms in total. The first kappa shape index (κ1) is 17.4. The Morgan fingerprint density at radius 1 is 1.04 bits per heavy atom. The van der Waals surface area contributed by atoms with Gasteiger partial charge in [0.25, 0.3) is 0 Å². The summed E-state index contributed by atoms with van der Waals surface area (Å²) in [5.41, 5.74) is 0.